The summed E-state index contributed by atoms with van der Waals surface area (Å²) in [5.41, 5.74) is 4.51. The quantitative estimate of drug-likeness (QED) is 0.571. The molecule has 0 bridgehead atoms. The standard InChI is InChI=1S/C8H7FN2O3/c1-4-2-7(11(13)14)6(9)3-5(4)8(10)12/h2-3H,1H3,(H2,10,12). The minimum Gasteiger partial charge on any atom is -0.366 e. The SMILES string of the molecule is Cc1cc([N+](=O)[O-])c(F)cc1C(N)=O. The van der Waals surface area contributed by atoms with Crippen LogP contribution in [0.3, 0.4) is 0 Å². The third-order valence-corrected chi connectivity index (χ3v) is 1.76. The highest BCUT2D eigenvalue weighted by molar-refractivity contribution is 5.94. The summed E-state index contributed by atoms with van der Waals surface area (Å²) in [4.78, 5) is 20.2. The lowest BCUT2D eigenvalue weighted by molar-refractivity contribution is -0.387. The largest absolute Gasteiger partial charge is 0.366 e. The number of hydrogen-bond acceptors (Lipinski definition) is 3. The molecular weight excluding hydrogens is 191 g/mol. The molecule has 1 amide bonds. The first-order chi connectivity index (χ1) is 6.43. The molecule has 0 radical (unpaired) electrons. The lowest BCUT2D eigenvalue weighted by Gasteiger charge is -2.01. The van der Waals surface area contributed by atoms with Crippen LogP contribution in [0.1, 0.15) is 15.9 Å². The van der Waals surface area contributed by atoms with E-state index in [1.807, 2.05) is 0 Å². The zero-order chi connectivity index (χ0) is 10.9. The highest BCUT2D eigenvalue weighted by atomic mass is 19.1. The first-order valence-corrected chi connectivity index (χ1v) is 3.68. The number of aryl methyl sites for hydroxylation is 1. The Hall–Kier alpha value is -1.98. The van der Waals surface area contributed by atoms with Crippen molar-refractivity contribution in [3.63, 3.8) is 0 Å². The molecule has 6 heteroatoms. The highest BCUT2D eigenvalue weighted by Crippen LogP contribution is 2.21. The van der Waals surface area contributed by atoms with E-state index in [0.717, 1.165) is 12.1 Å². The van der Waals surface area contributed by atoms with Crippen molar-refractivity contribution in [1.82, 2.24) is 0 Å². The Kier molecular flexibility index (Phi) is 2.46. The van der Waals surface area contributed by atoms with E-state index in [0.29, 0.717) is 0 Å². The minimum absolute atomic E-state index is 0.0481. The van der Waals surface area contributed by atoms with E-state index in [9.17, 15) is 19.3 Å². The summed E-state index contributed by atoms with van der Waals surface area (Å²) in [7, 11) is 0. The zero-order valence-corrected chi connectivity index (χ0v) is 7.28. The summed E-state index contributed by atoms with van der Waals surface area (Å²) in [5.74, 6) is -1.87. The van der Waals surface area contributed by atoms with Gasteiger partial charge in [0.2, 0.25) is 11.7 Å². The molecule has 0 aliphatic carbocycles. The van der Waals surface area contributed by atoms with Crippen molar-refractivity contribution in [2.24, 2.45) is 5.73 Å². The molecule has 74 valence electrons. The molecule has 1 aromatic rings. The topological polar surface area (TPSA) is 86.2 Å². The van der Waals surface area contributed by atoms with Crippen LogP contribution in [0.25, 0.3) is 0 Å². The van der Waals surface area contributed by atoms with Crippen molar-refractivity contribution < 1.29 is 14.1 Å². The van der Waals surface area contributed by atoms with Crippen molar-refractivity contribution in [3.8, 4) is 0 Å². The van der Waals surface area contributed by atoms with E-state index >= 15 is 0 Å². The number of benzene rings is 1. The van der Waals surface area contributed by atoms with Crippen LogP contribution in [0.2, 0.25) is 0 Å². The van der Waals surface area contributed by atoms with Gasteiger partial charge in [0.15, 0.2) is 0 Å². The van der Waals surface area contributed by atoms with Crippen molar-refractivity contribution >= 4 is 11.6 Å². The van der Waals surface area contributed by atoms with Crippen LogP contribution in [0.15, 0.2) is 12.1 Å². The van der Waals surface area contributed by atoms with Crippen LogP contribution in [0, 0.1) is 22.9 Å². The van der Waals surface area contributed by atoms with E-state index < -0.39 is 22.3 Å². The summed E-state index contributed by atoms with van der Waals surface area (Å²) in [6.45, 7) is 1.45. The molecule has 0 aromatic heterocycles. The minimum atomic E-state index is -1.06. The second kappa shape index (κ2) is 3.41. The lowest BCUT2D eigenvalue weighted by Crippen LogP contribution is -2.13. The molecule has 1 aromatic carbocycles. The average Bonchev–Trinajstić information content (AvgIpc) is 2.07. The molecule has 2 N–H and O–H groups in total. The van der Waals surface area contributed by atoms with Gasteiger partial charge in [0, 0.05) is 11.6 Å². The van der Waals surface area contributed by atoms with Gasteiger partial charge in [-0.1, -0.05) is 0 Å². The third kappa shape index (κ3) is 1.68. The second-order valence-electron chi connectivity index (χ2n) is 2.74. The van der Waals surface area contributed by atoms with Crippen LogP contribution >= 0.6 is 0 Å². The summed E-state index contributed by atoms with van der Waals surface area (Å²) in [6.07, 6.45) is 0. The second-order valence-corrected chi connectivity index (χ2v) is 2.74. The maximum Gasteiger partial charge on any atom is 0.305 e. The van der Waals surface area contributed by atoms with Gasteiger partial charge >= 0.3 is 5.69 Å². The van der Waals surface area contributed by atoms with Crippen LogP contribution in [0.5, 0.6) is 0 Å². The zero-order valence-electron chi connectivity index (χ0n) is 7.28. The molecule has 1 rings (SSSR count). The molecule has 0 atom stereocenters. The molecule has 0 aliphatic rings. The Balaban J connectivity index is 3.38. The van der Waals surface area contributed by atoms with Gasteiger partial charge in [0.1, 0.15) is 0 Å². The van der Waals surface area contributed by atoms with Gasteiger partial charge in [-0.2, -0.15) is 4.39 Å². The number of carbonyl (C=O) groups is 1. The molecule has 0 unspecified atom stereocenters. The number of halogens is 1. The Bertz CT molecular complexity index is 378. The summed E-state index contributed by atoms with van der Waals surface area (Å²) >= 11 is 0. The average molecular weight is 198 g/mol. The monoisotopic (exact) mass is 198 g/mol. The van der Waals surface area contributed by atoms with Gasteiger partial charge in [-0.3, -0.25) is 14.9 Å². The molecule has 0 heterocycles. The van der Waals surface area contributed by atoms with Gasteiger partial charge in [0.25, 0.3) is 0 Å². The van der Waals surface area contributed by atoms with Crippen molar-refractivity contribution in [3.05, 3.63) is 39.2 Å². The van der Waals surface area contributed by atoms with Gasteiger partial charge in [-0.05, 0) is 18.6 Å². The smallest absolute Gasteiger partial charge is 0.305 e. The van der Waals surface area contributed by atoms with E-state index in [4.69, 9.17) is 5.73 Å². The summed E-state index contributed by atoms with van der Waals surface area (Å²) in [5, 5.41) is 10.3. The van der Waals surface area contributed by atoms with E-state index in [2.05, 4.69) is 0 Å². The fraction of sp³-hybridized carbons (Fsp3) is 0.125. The van der Waals surface area contributed by atoms with Gasteiger partial charge in [-0.25, -0.2) is 0 Å². The fourth-order valence-electron chi connectivity index (χ4n) is 1.07. The van der Waals surface area contributed by atoms with Crippen LogP contribution < -0.4 is 5.73 Å². The van der Waals surface area contributed by atoms with Crippen molar-refractivity contribution in [1.29, 1.82) is 0 Å². The molecule has 5 nitrogen and oxygen atoms in total. The normalized spacial score (nSPS) is 9.86. The van der Waals surface area contributed by atoms with Gasteiger partial charge in [0.05, 0.1) is 4.92 Å². The first-order valence-electron chi connectivity index (χ1n) is 3.68. The number of rotatable bonds is 2. The number of nitrogens with two attached hydrogens (primary N) is 1. The molecule has 0 spiro atoms. The van der Waals surface area contributed by atoms with Gasteiger partial charge < -0.3 is 5.73 Å². The van der Waals surface area contributed by atoms with Crippen LogP contribution in [-0.4, -0.2) is 10.8 Å². The number of nitro benzene ring substituents is 1. The van der Waals surface area contributed by atoms with Crippen molar-refractivity contribution in [2.45, 2.75) is 6.92 Å². The fourth-order valence-corrected chi connectivity index (χ4v) is 1.07. The molecule has 0 fully saturated rings. The van der Waals surface area contributed by atoms with Crippen molar-refractivity contribution in [2.75, 3.05) is 0 Å². The highest BCUT2D eigenvalue weighted by Gasteiger charge is 2.18. The summed E-state index contributed by atoms with van der Waals surface area (Å²) in [6, 6.07) is 1.76. The molecule has 14 heavy (non-hydrogen) atoms. The molecular formula is C8H7FN2O3. The number of hydrogen-bond donors (Lipinski definition) is 1. The Labute approximate surface area is 78.5 Å². The first kappa shape index (κ1) is 10.1. The van der Waals surface area contributed by atoms with E-state index in [1.165, 1.54) is 6.92 Å². The van der Waals surface area contributed by atoms with Crippen LogP contribution in [-0.2, 0) is 0 Å². The maximum absolute atomic E-state index is 13.0. The van der Waals surface area contributed by atoms with E-state index in [1.54, 1.807) is 0 Å². The van der Waals surface area contributed by atoms with Crippen LogP contribution in [0.4, 0.5) is 10.1 Å². The number of carbonyl (C=O) groups excluding carboxylic acids is 1. The number of primary amides is 1. The Morgan fingerprint density at radius 3 is 2.57 bits per heavy atom. The molecule has 0 saturated carbocycles. The predicted molar refractivity (Wildman–Crippen MR) is 46.3 cm³/mol. The number of nitro groups is 1. The third-order valence-electron chi connectivity index (χ3n) is 1.76. The van der Waals surface area contributed by atoms with Gasteiger partial charge in [-0.15, -0.1) is 0 Å². The molecule has 0 saturated heterocycles. The number of nitrogens with zero attached hydrogens (tertiary/aromatic N) is 1. The van der Waals surface area contributed by atoms with E-state index in [-0.39, 0.29) is 11.1 Å². The number of amides is 1. The maximum atomic E-state index is 13.0. The molecule has 0 aliphatic heterocycles. The lowest BCUT2D eigenvalue weighted by atomic mass is 10.1. The Morgan fingerprint density at radius 1 is 1.57 bits per heavy atom. The summed E-state index contributed by atoms with van der Waals surface area (Å²) < 4.78 is 13.0. The Morgan fingerprint density at radius 2 is 2.14 bits per heavy atom. The predicted octanol–water partition coefficient (Wildman–Crippen LogP) is 1.14.